The monoisotopic (exact) mass is 313 g/mol. The largest absolute Gasteiger partial charge is 0.391 e. The number of rotatable bonds is 6. The molecule has 2 aliphatic carbocycles. The molecule has 1 aromatic carbocycles. The molecule has 1 aromatic heterocycles. The summed E-state index contributed by atoms with van der Waals surface area (Å²) >= 11 is 0. The summed E-state index contributed by atoms with van der Waals surface area (Å²) in [6.07, 6.45) is 4.11. The number of aliphatic hydroxyl groups excluding tert-OH is 1. The highest BCUT2D eigenvalue weighted by molar-refractivity contribution is 5.81. The number of aromatic nitrogens is 2. The molecule has 0 radical (unpaired) electrons. The topological polar surface area (TPSA) is 58.4 Å². The lowest BCUT2D eigenvalue weighted by molar-refractivity contribution is -0.131. The summed E-state index contributed by atoms with van der Waals surface area (Å²) < 4.78 is 2.06. The number of fused-ring (bicyclic) bond motifs is 1. The summed E-state index contributed by atoms with van der Waals surface area (Å²) in [6.45, 7) is 0.731. The lowest BCUT2D eigenvalue weighted by Gasteiger charge is -2.21. The molecule has 1 atom stereocenters. The van der Waals surface area contributed by atoms with Crippen LogP contribution in [0.2, 0.25) is 0 Å². The van der Waals surface area contributed by atoms with Crippen molar-refractivity contribution in [2.75, 3.05) is 13.6 Å². The Morgan fingerprint density at radius 1 is 1.35 bits per heavy atom. The molecule has 122 valence electrons. The van der Waals surface area contributed by atoms with Crippen LogP contribution in [0.25, 0.3) is 11.0 Å². The highest BCUT2D eigenvalue weighted by atomic mass is 16.3. The van der Waals surface area contributed by atoms with Crippen molar-refractivity contribution in [2.24, 2.45) is 5.92 Å². The summed E-state index contributed by atoms with van der Waals surface area (Å²) in [4.78, 5) is 19.0. The maximum absolute atomic E-state index is 12.6. The minimum absolute atomic E-state index is 0.0368. The first-order valence-electron chi connectivity index (χ1n) is 8.50. The number of likely N-dealkylation sites (N-methyl/N-ethyl adjacent to an activating group) is 1. The van der Waals surface area contributed by atoms with Gasteiger partial charge in [-0.2, -0.15) is 0 Å². The van der Waals surface area contributed by atoms with E-state index in [1.54, 1.807) is 11.9 Å². The van der Waals surface area contributed by atoms with E-state index in [1.807, 2.05) is 24.3 Å². The molecule has 4 rings (SSSR count). The summed E-state index contributed by atoms with van der Waals surface area (Å²) in [5.41, 5.74) is 1.99. The molecule has 1 N–H and O–H groups in total. The second kappa shape index (κ2) is 5.64. The predicted octanol–water partition coefficient (Wildman–Crippen LogP) is 2.14. The first-order valence-corrected chi connectivity index (χ1v) is 8.50. The Morgan fingerprint density at radius 3 is 2.78 bits per heavy atom. The molecule has 0 aliphatic heterocycles. The molecule has 2 aliphatic rings. The minimum Gasteiger partial charge on any atom is -0.391 e. The zero-order chi connectivity index (χ0) is 16.0. The number of hydrogen-bond donors (Lipinski definition) is 1. The molecule has 5 heteroatoms. The van der Waals surface area contributed by atoms with Crippen LogP contribution in [0.15, 0.2) is 24.3 Å². The lowest BCUT2D eigenvalue weighted by atomic mass is 10.2. The van der Waals surface area contributed by atoms with Gasteiger partial charge in [0.1, 0.15) is 12.4 Å². The quantitative estimate of drug-likeness (QED) is 0.889. The van der Waals surface area contributed by atoms with Gasteiger partial charge in [0, 0.05) is 19.5 Å². The van der Waals surface area contributed by atoms with Crippen LogP contribution in [0.1, 0.15) is 37.4 Å². The van der Waals surface area contributed by atoms with Gasteiger partial charge in [0.2, 0.25) is 5.91 Å². The number of carbonyl (C=O) groups is 1. The molecule has 0 saturated heterocycles. The SMILES string of the molecule is CN(CC(O)C1CC1)C(=O)Cn1c(C2CC2)nc2ccccc21. The normalized spacial score (nSPS) is 19.0. The van der Waals surface area contributed by atoms with Gasteiger partial charge < -0.3 is 14.6 Å². The van der Waals surface area contributed by atoms with Gasteiger partial charge in [-0.05, 0) is 43.7 Å². The Hall–Kier alpha value is -1.88. The number of nitrogens with zero attached hydrogens (tertiary/aromatic N) is 3. The fourth-order valence-corrected chi connectivity index (χ4v) is 3.18. The zero-order valence-corrected chi connectivity index (χ0v) is 13.5. The van der Waals surface area contributed by atoms with Crippen LogP contribution in [-0.2, 0) is 11.3 Å². The first kappa shape index (κ1) is 14.7. The van der Waals surface area contributed by atoms with Crippen molar-refractivity contribution in [1.82, 2.24) is 14.5 Å². The number of benzene rings is 1. The van der Waals surface area contributed by atoms with Crippen molar-refractivity contribution in [2.45, 2.75) is 44.2 Å². The van der Waals surface area contributed by atoms with Crippen LogP contribution in [0.4, 0.5) is 0 Å². The summed E-state index contributed by atoms with van der Waals surface area (Å²) in [5.74, 6) is 1.96. The van der Waals surface area contributed by atoms with E-state index in [0.29, 0.717) is 24.9 Å². The second-order valence-electron chi connectivity index (χ2n) is 7.00. The molecule has 1 heterocycles. The minimum atomic E-state index is -0.383. The van der Waals surface area contributed by atoms with Gasteiger partial charge in [-0.25, -0.2) is 4.98 Å². The predicted molar refractivity (Wildman–Crippen MR) is 88.1 cm³/mol. The molecule has 0 spiro atoms. The Bertz CT molecular complexity index is 731. The molecule has 5 nitrogen and oxygen atoms in total. The average Bonchev–Trinajstić information content (AvgIpc) is 3.44. The maximum Gasteiger partial charge on any atom is 0.242 e. The van der Waals surface area contributed by atoms with Gasteiger partial charge in [0.05, 0.1) is 17.1 Å². The van der Waals surface area contributed by atoms with Crippen LogP contribution in [0.3, 0.4) is 0 Å². The van der Waals surface area contributed by atoms with Gasteiger partial charge in [-0.3, -0.25) is 4.79 Å². The Balaban J connectivity index is 1.54. The zero-order valence-electron chi connectivity index (χ0n) is 13.5. The Kier molecular flexibility index (Phi) is 3.60. The second-order valence-corrected chi connectivity index (χ2v) is 7.00. The third kappa shape index (κ3) is 2.98. The summed E-state index contributed by atoms with van der Waals surface area (Å²) in [6, 6.07) is 8.00. The molecular weight excluding hydrogens is 290 g/mol. The molecule has 23 heavy (non-hydrogen) atoms. The number of hydrogen-bond acceptors (Lipinski definition) is 3. The summed E-state index contributed by atoms with van der Waals surface area (Å²) in [7, 11) is 1.78. The van der Waals surface area contributed by atoms with Crippen molar-refractivity contribution in [1.29, 1.82) is 0 Å². The number of aliphatic hydroxyl groups is 1. The van der Waals surface area contributed by atoms with E-state index in [9.17, 15) is 9.90 Å². The molecule has 1 amide bonds. The van der Waals surface area contributed by atoms with Crippen LogP contribution in [-0.4, -0.2) is 45.2 Å². The van der Waals surface area contributed by atoms with E-state index in [4.69, 9.17) is 4.98 Å². The highest BCUT2D eigenvalue weighted by Gasteiger charge is 2.32. The number of imidazole rings is 1. The molecule has 0 bridgehead atoms. The van der Waals surface area contributed by atoms with E-state index >= 15 is 0 Å². The van der Waals surface area contributed by atoms with E-state index in [1.165, 1.54) is 0 Å². The van der Waals surface area contributed by atoms with Gasteiger partial charge in [-0.15, -0.1) is 0 Å². The number of para-hydroxylation sites is 2. The van der Waals surface area contributed by atoms with Crippen molar-refractivity contribution in [3.05, 3.63) is 30.1 Å². The van der Waals surface area contributed by atoms with Crippen LogP contribution >= 0.6 is 0 Å². The third-order valence-electron chi connectivity index (χ3n) is 4.97. The molecule has 1 unspecified atom stereocenters. The fourth-order valence-electron chi connectivity index (χ4n) is 3.18. The fraction of sp³-hybridized carbons (Fsp3) is 0.556. The van der Waals surface area contributed by atoms with Crippen molar-refractivity contribution in [3.8, 4) is 0 Å². The Labute approximate surface area is 135 Å². The van der Waals surface area contributed by atoms with Crippen molar-refractivity contribution < 1.29 is 9.90 Å². The Morgan fingerprint density at radius 2 is 2.09 bits per heavy atom. The van der Waals surface area contributed by atoms with Crippen molar-refractivity contribution >= 4 is 16.9 Å². The van der Waals surface area contributed by atoms with Crippen LogP contribution in [0.5, 0.6) is 0 Å². The molecular formula is C18H23N3O2. The van der Waals surface area contributed by atoms with E-state index in [0.717, 1.165) is 42.5 Å². The van der Waals surface area contributed by atoms with E-state index in [2.05, 4.69) is 4.57 Å². The standard InChI is InChI=1S/C18H23N3O2/c1-20(10-16(22)12-6-7-12)17(23)11-21-15-5-3-2-4-14(15)19-18(21)13-8-9-13/h2-5,12-13,16,22H,6-11H2,1H3. The molecule has 2 saturated carbocycles. The lowest BCUT2D eigenvalue weighted by Crippen LogP contribution is -2.37. The maximum atomic E-state index is 12.6. The third-order valence-corrected chi connectivity index (χ3v) is 4.97. The number of amides is 1. The van der Waals surface area contributed by atoms with Gasteiger partial charge in [-0.1, -0.05) is 12.1 Å². The van der Waals surface area contributed by atoms with E-state index in [-0.39, 0.29) is 12.0 Å². The van der Waals surface area contributed by atoms with Gasteiger partial charge >= 0.3 is 0 Å². The number of carbonyl (C=O) groups excluding carboxylic acids is 1. The summed E-state index contributed by atoms with van der Waals surface area (Å²) in [5, 5.41) is 10.0. The van der Waals surface area contributed by atoms with E-state index < -0.39 is 0 Å². The average molecular weight is 313 g/mol. The molecule has 2 aromatic rings. The van der Waals surface area contributed by atoms with Gasteiger partial charge in [0.25, 0.3) is 0 Å². The van der Waals surface area contributed by atoms with Crippen LogP contribution in [0, 0.1) is 5.92 Å². The smallest absolute Gasteiger partial charge is 0.242 e. The highest BCUT2D eigenvalue weighted by Crippen LogP contribution is 2.40. The van der Waals surface area contributed by atoms with Crippen molar-refractivity contribution in [3.63, 3.8) is 0 Å². The van der Waals surface area contributed by atoms with Crippen LogP contribution < -0.4 is 0 Å². The molecule has 2 fully saturated rings. The first-order chi connectivity index (χ1) is 11.1. The van der Waals surface area contributed by atoms with Gasteiger partial charge in [0.15, 0.2) is 0 Å².